The molecule has 3 heterocycles. The molecule has 212 valence electrons. The molecule has 0 aromatic heterocycles. The lowest BCUT2D eigenvalue weighted by Gasteiger charge is -2.39. The topological polar surface area (TPSA) is 38.8 Å². The molecule has 0 aliphatic carbocycles. The molecule has 0 atom stereocenters. The average Bonchev–Trinajstić information content (AvgIpc) is 2.93. The van der Waals surface area contributed by atoms with E-state index in [-0.39, 0.29) is 0 Å². The number of carbonyl (C=O) groups excluding carboxylic acids is 1. The Morgan fingerprint density at radius 3 is 1.74 bits per heavy atom. The van der Waals surface area contributed by atoms with Gasteiger partial charge in [-0.2, -0.15) is 0 Å². The summed E-state index contributed by atoms with van der Waals surface area (Å²) in [6, 6.07) is 12.9. The van der Waals surface area contributed by atoms with E-state index >= 15 is 0 Å². The van der Waals surface area contributed by atoms with Gasteiger partial charge in [0.1, 0.15) is 0 Å². The second-order valence-electron chi connectivity index (χ2n) is 12.2. The van der Waals surface area contributed by atoms with E-state index in [4.69, 9.17) is 23.2 Å². The highest BCUT2D eigenvalue weighted by molar-refractivity contribution is 6.35. The Kier molecular flexibility index (Phi) is 10.2. The van der Waals surface area contributed by atoms with E-state index < -0.39 is 0 Å². The van der Waals surface area contributed by atoms with Gasteiger partial charge in [0.15, 0.2) is 0 Å². The molecule has 39 heavy (non-hydrogen) atoms. The quantitative estimate of drug-likeness (QED) is 0.366. The van der Waals surface area contributed by atoms with Gasteiger partial charge in [-0.15, -0.1) is 0 Å². The maximum atomic E-state index is 10.7. The van der Waals surface area contributed by atoms with Gasteiger partial charge in [0, 0.05) is 29.7 Å². The molecule has 0 unspecified atom stereocenters. The fourth-order valence-electron chi connectivity index (χ4n) is 6.99. The summed E-state index contributed by atoms with van der Waals surface area (Å²) in [7, 11) is 2.26. The highest BCUT2D eigenvalue weighted by Gasteiger charge is 2.29. The second kappa shape index (κ2) is 13.8. The minimum absolute atomic E-state index is 0.583. The second-order valence-corrected chi connectivity index (χ2v) is 13.1. The summed E-state index contributed by atoms with van der Waals surface area (Å²) in [4.78, 5) is 18.4. The molecule has 5 nitrogen and oxygen atoms in total. The van der Waals surface area contributed by atoms with Crippen LogP contribution in [0.1, 0.15) is 49.7 Å². The summed E-state index contributed by atoms with van der Waals surface area (Å²) in [6.07, 6.45) is 8.49. The predicted molar refractivity (Wildman–Crippen MR) is 162 cm³/mol. The minimum Gasteiger partial charge on any atom is -0.358 e. The highest BCUT2D eigenvalue weighted by atomic mass is 35.5. The summed E-state index contributed by atoms with van der Waals surface area (Å²) in [5.41, 5.74) is 5.00. The monoisotopic (exact) mass is 570 g/mol. The van der Waals surface area contributed by atoms with Crippen LogP contribution >= 0.6 is 23.2 Å². The molecule has 0 radical (unpaired) electrons. The van der Waals surface area contributed by atoms with Gasteiger partial charge in [0.25, 0.3) is 0 Å². The third kappa shape index (κ3) is 8.20. The molecule has 5 rings (SSSR count). The summed E-state index contributed by atoms with van der Waals surface area (Å²) in [6.45, 7) is 9.79. The molecule has 0 spiro atoms. The Balaban J connectivity index is 1.26. The van der Waals surface area contributed by atoms with Crippen molar-refractivity contribution in [2.24, 2.45) is 17.8 Å². The minimum atomic E-state index is 0.583. The summed E-state index contributed by atoms with van der Waals surface area (Å²) in [5.74, 6) is 2.40. The predicted octanol–water partition coefficient (Wildman–Crippen LogP) is 6.17. The van der Waals surface area contributed by atoms with Gasteiger partial charge in [0.2, 0.25) is 6.41 Å². The standard InChI is InChI=1S/C32H44Cl2N4O/c1-36-8-4-27(5-9-36)28-6-12-38(13-7-28)22-26-14-25(21-37-10-2-24(3-11-37)20-35-23-39)15-29(16-26)30-17-31(33)19-32(34)18-30/h14-19,23-24,27-28H,2-13,20-22H2,1H3,(H,35,39). The van der Waals surface area contributed by atoms with E-state index in [1.807, 2.05) is 12.1 Å². The van der Waals surface area contributed by atoms with Crippen LogP contribution in [0.5, 0.6) is 0 Å². The smallest absolute Gasteiger partial charge is 0.207 e. The van der Waals surface area contributed by atoms with E-state index in [1.54, 1.807) is 6.07 Å². The Morgan fingerprint density at radius 1 is 0.718 bits per heavy atom. The van der Waals surface area contributed by atoms with Crippen LogP contribution in [0.15, 0.2) is 36.4 Å². The molecular formula is C32H44Cl2N4O. The summed E-state index contributed by atoms with van der Waals surface area (Å²) < 4.78 is 0. The molecule has 2 aromatic carbocycles. The number of nitrogens with zero attached hydrogens (tertiary/aromatic N) is 3. The summed E-state index contributed by atoms with van der Waals surface area (Å²) >= 11 is 12.8. The number of benzene rings is 2. The van der Waals surface area contributed by atoms with E-state index in [0.717, 1.165) is 69.4 Å². The molecule has 3 saturated heterocycles. The van der Waals surface area contributed by atoms with Crippen LogP contribution in [0.25, 0.3) is 11.1 Å². The maximum absolute atomic E-state index is 10.7. The number of amides is 1. The van der Waals surface area contributed by atoms with E-state index in [2.05, 4.69) is 45.3 Å². The number of carbonyl (C=O) groups is 1. The number of hydrogen-bond donors (Lipinski definition) is 1. The molecule has 1 amide bonds. The van der Waals surface area contributed by atoms with Crippen LogP contribution in [-0.2, 0) is 17.9 Å². The fourth-order valence-corrected chi connectivity index (χ4v) is 7.52. The lowest BCUT2D eigenvalue weighted by atomic mass is 9.79. The van der Waals surface area contributed by atoms with Gasteiger partial charge in [-0.1, -0.05) is 29.3 Å². The van der Waals surface area contributed by atoms with Crippen LogP contribution in [0.4, 0.5) is 0 Å². The van der Waals surface area contributed by atoms with Crippen LogP contribution in [0, 0.1) is 17.8 Å². The van der Waals surface area contributed by atoms with Gasteiger partial charge in [-0.05, 0) is 155 Å². The first kappa shape index (κ1) is 28.9. The van der Waals surface area contributed by atoms with Crippen molar-refractivity contribution in [2.45, 2.75) is 51.6 Å². The first-order chi connectivity index (χ1) is 18.9. The van der Waals surface area contributed by atoms with Crippen molar-refractivity contribution in [3.8, 4) is 11.1 Å². The van der Waals surface area contributed by atoms with E-state index in [1.165, 1.54) is 68.6 Å². The van der Waals surface area contributed by atoms with Crippen molar-refractivity contribution in [1.82, 2.24) is 20.0 Å². The van der Waals surface area contributed by atoms with Crippen molar-refractivity contribution in [1.29, 1.82) is 0 Å². The molecular weight excluding hydrogens is 527 g/mol. The third-order valence-corrected chi connectivity index (χ3v) is 9.76. The highest BCUT2D eigenvalue weighted by Crippen LogP contribution is 2.34. The van der Waals surface area contributed by atoms with Gasteiger partial charge in [0.05, 0.1) is 0 Å². The van der Waals surface area contributed by atoms with Crippen molar-refractivity contribution < 1.29 is 4.79 Å². The lowest BCUT2D eigenvalue weighted by Crippen LogP contribution is -2.39. The zero-order valence-electron chi connectivity index (χ0n) is 23.4. The van der Waals surface area contributed by atoms with Crippen molar-refractivity contribution in [2.75, 3.05) is 52.9 Å². The SMILES string of the molecule is CN1CCC(C2CCN(Cc3cc(CN4CCC(CNC=O)CC4)cc(-c4cc(Cl)cc(Cl)c4)c3)CC2)CC1. The lowest BCUT2D eigenvalue weighted by molar-refractivity contribution is -0.109. The summed E-state index contributed by atoms with van der Waals surface area (Å²) in [5, 5.41) is 4.20. The molecule has 2 aromatic rings. The zero-order chi connectivity index (χ0) is 27.2. The Bertz CT molecular complexity index is 1070. The Labute approximate surface area is 244 Å². The van der Waals surface area contributed by atoms with Crippen LogP contribution in [0.2, 0.25) is 10.0 Å². The number of halogens is 2. The van der Waals surface area contributed by atoms with Crippen molar-refractivity contribution in [3.63, 3.8) is 0 Å². The number of piperidine rings is 3. The largest absolute Gasteiger partial charge is 0.358 e. The number of nitrogens with one attached hydrogen (secondary N) is 1. The van der Waals surface area contributed by atoms with Gasteiger partial charge in [-0.25, -0.2) is 0 Å². The van der Waals surface area contributed by atoms with E-state index in [9.17, 15) is 4.79 Å². The van der Waals surface area contributed by atoms with E-state index in [0.29, 0.717) is 16.0 Å². The molecule has 0 bridgehead atoms. The third-order valence-electron chi connectivity index (χ3n) is 9.32. The first-order valence-electron chi connectivity index (χ1n) is 14.8. The van der Waals surface area contributed by atoms with Crippen molar-refractivity contribution >= 4 is 29.6 Å². The molecule has 1 N–H and O–H groups in total. The average molecular weight is 572 g/mol. The van der Waals surface area contributed by atoms with Gasteiger partial charge >= 0.3 is 0 Å². The number of rotatable bonds is 9. The van der Waals surface area contributed by atoms with Crippen LogP contribution < -0.4 is 5.32 Å². The normalized spacial score (nSPS) is 21.3. The molecule has 3 aliphatic rings. The Morgan fingerprint density at radius 2 is 1.21 bits per heavy atom. The Hall–Kier alpha value is -1.63. The van der Waals surface area contributed by atoms with Crippen molar-refractivity contribution in [3.05, 3.63) is 57.6 Å². The van der Waals surface area contributed by atoms with Gasteiger partial charge < -0.3 is 10.2 Å². The number of likely N-dealkylation sites (tertiary alicyclic amines) is 3. The molecule has 0 saturated carbocycles. The number of hydrogen-bond acceptors (Lipinski definition) is 4. The van der Waals surface area contributed by atoms with Crippen LogP contribution in [0.3, 0.4) is 0 Å². The zero-order valence-corrected chi connectivity index (χ0v) is 24.9. The molecule has 7 heteroatoms. The molecule has 3 aliphatic heterocycles. The van der Waals surface area contributed by atoms with Crippen LogP contribution in [-0.4, -0.2) is 74.0 Å². The fraction of sp³-hybridized carbons (Fsp3) is 0.594. The van der Waals surface area contributed by atoms with Gasteiger partial charge in [-0.3, -0.25) is 14.6 Å². The molecule has 3 fully saturated rings. The maximum Gasteiger partial charge on any atom is 0.207 e. The first-order valence-corrected chi connectivity index (χ1v) is 15.6.